The first kappa shape index (κ1) is 19.5. The van der Waals surface area contributed by atoms with Crippen LogP contribution in [0.5, 0.6) is 11.5 Å². The summed E-state index contributed by atoms with van der Waals surface area (Å²) in [4.78, 5) is 24.1. The van der Waals surface area contributed by atoms with Crippen LogP contribution in [0.4, 0.5) is 0 Å². The SMILES string of the molecule is Cc1cccc(OC(C)C(=O)NNC(=O)/C=C/c2ccc3c(c2)CCO3)c1C. The van der Waals surface area contributed by atoms with Crippen LogP contribution in [0.2, 0.25) is 0 Å². The van der Waals surface area contributed by atoms with Gasteiger partial charge >= 0.3 is 0 Å². The van der Waals surface area contributed by atoms with Crippen LogP contribution in [0.25, 0.3) is 6.08 Å². The molecule has 1 aliphatic heterocycles. The van der Waals surface area contributed by atoms with Crippen molar-refractivity contribution in [2.24, 2.45) is 0 Å². The van der Waals surface area contributed by atoms with Gasteiger partial charge < -0.3 is 9.47 Å². The molecule has 0 bridgehead atoms. The van der Waals surface area contributed by atoms with E-state index < -0.39 is 17.9 Å². The van der Waals surface area contributed by atoms with E-state index in [-0.39, 0.29) is 0 Å². The van der Waals surface area contributed by atoms with Crippen LogP contribution in [-0.2, 0) is 16.0 Å². The molecular weight excluding hydrogens is 356 g/mol. The molecule has 0 fully saturated rings. The molecule has 0 saturated carbocycles. The zero-order chi connectivity index (χ0) is 20.1. The third-order valence-corrected chi connectivity index (χ3v) is 4.68. The lowest BCUT2D eigenvalue weighted by atomic mass is 10.1. The van der Waals surface area contributed by atoms with Crippen molar-refractivity contribution in [2.45, 2.75) is 33.3 Å². The maximum absolute atomic E-state index is 12.2. The Morgan fingerprint density at radius 1 is 1.18 bits per heavy atom. The number of carbonyl (C=O) groups is 2. The number of nitrogens with one attached hydrogen (secondary N) is 2. The third kappa shape index (κ3) is 4.71. The van der Waals surface area contributed by atoms with Crippen LogP contribution in [0.1, 0.15) is 29.2 Å². The number of hydrazine groups is 1. The highest BCUT2D eigenvalue weighted by atomic mass is 16.5. The molecule has 1 aliphatic rings. The molecule has 1 unspecified atom stereocenters. The van der Waals surface area contributed by atoms with Gasteiger partial charge in [-0.3, -0.25) is 20.4 Å². The molecule has 6 heteroatoms. The molecular formula is C22H24N2O4. The molecule has 0 radical (unpaired) electrons. The summed E-state index contributed by atoms with van der Waals surface area (Å²) in [6.45, 7) is 6.24. The molecule has 146 valence electrons. The van der Waals surface area contributed by atoms with Crippen LogP contribution < -0.4 is 20.3 Å². The molecule has 3 rings (SSSR count). The van der Waals surface area contributed by atoms with Gasteiger partial charge in [-0.25, -0.2) is 0 Å². The van der Waals surface area contributed by atoms with Gasteiger partial charge in [-0.15, -0.1) is 0 Å². The quantitative estimate of drug-likeness (QED) is 0.618. The highest BCUT2D eigenvalue weighted by Gasteiger charge is 2.16. The van der Waals surface area contributed by atoms with Gasteiger partial charge in [0.25, 0.3) is 11.8 Å². The number of ether oxygens (including phenoxy) is 2. The second-order valence-electron chi connectivity index (χ2n) is 6.74. The van der Waals surface area contributed by atoms with Gasteiger partial charge in [0, 0.05) is 12.5 Å². The van der Waals surface area contributed by atoms with E-state index in [0.29, 0.717) is 12.4 Å². The Balaban J connectivity index is 1.49. The van der Waals surface area contributed by atoms with Gasteiger partial charge in [0.2, 0.25) is 0 Å². The number of hydrogen-bond acceptors (Lipinski definition) is 4. The van der Waals surface area contributed by atoms with Crippen molar-refractivity contribution in [3.05, 3.63) is 64.7 Å². The Kier molecular flexibility index (Phi) is 5.99. The predicted octanol–water partition coefficient (Wildman–Crippen LogP) is 2.87. The highest BCUT2D eigenvalue weighted by Crippen LogP contribution is 2.26. The molecule has 2 amide bonds. The van der Waals surface area contributed by atoms with E-state index in [1.54, 1.807) is 13.0 Å². The van der Waals surface area contributed by atoms with Gasteiger partial charge in [-0.05, 0) is 67.3 Å². The smallest absolute Gasteiger partial charge is 0.279 e. The fourth-order valence-corrected chi connectivity index (χ4v) is 2.84. The van der Waals surface area contributed by atoms with E-state index in [2.05, 4.69) is 10.9 Å². The minimum Gasteiger partial charge on any atom is -0.493 e. The zero-order valence-electron chi connectivity index (χ0n) is 16.2. The van der Waals surface area contributed by atoms with E-state index in [1.807, 2.05) is 50.2 Å². The average molecular weight is 380 g/mol. The number of rotatable bonds is 5. The van der Waals surface area contributed by atoms with E-state index in [1.165, 1.54) is 6.08 Å². The zero-order valence-corrected chi connectivity index (χ0v) is 16.2. The molecule has 6 nitrogen and oxygen atoms in total. The van der Waals surface area contributed by atoms with E-state index in [9.17, 15) is 9.59 Å². The highest BCUT2D eigenvalue weighted by molar-refractivity contribution is 5.93. The number of hydrogen-bond donors (Lipinski definition) is 2. The minimum absolute atomic E-state index is 0.427. The Morgan fingerprint density at radius 3 is 2.82 bits per heavy atom. The summed E-state index contributed by atoms with van der Waals surface area (Å²) in [6.07, 6.45) is 3.18. The van der Waals surface area contributed by atoms with Crippen molar-refractivity contribution in [1.29, 1.82) is 0 Å². The number of carbonyl (C=O) groups excluding carboxylic acids is 2. The monoisotopic (exact) mass is 380 g/mol. The lowest BCUT2D eigenvalue weighted by molar-refractivity contribution is -0.131. The maximum atomic E-state index is 12.2. The number of amides is 2. The van der Waals surface area contributed by atoms with Crippen molar-refractivity contribution in [1.82, 2.24) is 10.9 Å². The summed E-state index contributed by atoms with van der Waals surface area (Å²) < 4.78 is 11.2. The first-order chi connectivity index (χ1) is 13.4. The van der Waals surface area contributed by atoms with Crippen molar-refractivity contribution < 1.29 is 19.1 Å². The average Bonchev–Trinajstić information content (AvgIpc) is 3.15. The number of fused-ring (bicyclic) bond motifs is 1. The maximum Gasteiger partial charge on any atom is 0.279 e. The molecule has 0 aromatic heterocycles. The summed E-state index contributed by atoms with van der Waals surface area (Å²) in [5, 5.41) is 0. The Labute approximate surface area is 164 Å². The number of benzene rings is 2. The van der Waals surface area contributed by atoms with Gasteiger partial charge in [-0.2, -0.15) is 0 Å². The largest absolute Gasteiger partial charge is 0.493 e. The van der Waals surface area contributed by atoms with Gasteiger partial charge in [0.15, 0.2) is 6.10 Å². The Morgan fingerprint density at radius 2 is 2.00 bits per heavy atom. The van der Waals surface area contributed by atoms with E-state index in [0.717, 1.165) is 34.4 Å². The van der Waals surface area contributed by atoms with Crippen LogP contribution >= 0.6 is 0 Å². The summed E-state index contributed by atoms with van der Waals surface area (Å²) in [5.41, 5.74) is 8.85. The summed E-state index contributed by atoms with van der Waals surface area (Å²) in [5.74, 6) is 0.683. The summed E-state index contributed by atoms with van der Waals surface area (Å²) >= 11 is 0. The van der Waals surface area contributed by atoms with Crippen LogP contribution in [-0.4, -0.2) is 24.5 Å². The molecule has 2 N–H and O–H groups in total. The summed E-state index contributed by atoms with van der Waals surface area (Å²) in [7, 11) is 0. The lowest BCUT2D eigenvalue weighted by Crippen LogP contribution is -2.46. The summed E-state index contributed by atoms with van der Waals surface area (Å²) in [6, 6.07) is 11.4. The normalized spacial score (nSPS) is 13.5. The molecule has 1 atom stereocenters. The first-order valence-electron chi connectivity index (χ1n) is 9.20. The molecule has 0 aliphatic carbocycles. The molecule has 28 heavy (non-hydrogen) atoms. The predicted molar refractivity (Wildman–Crippen MR) is 107 cm³/mol. The molecule has 0 spiro atoms. The first-order valence-corrected chi connectivity index (χ1v) is 9.20. The number of aryl methyl sites for hydroxylation is 1. The Hall–Kier alpha value is -3.28. The second kappa shape index (κ2) is 8.61. The Bertz CT molecular complexity index is 921. The molecule has 2 aromatic carbocycles. The van der Waals surface area contributed by atoms with E-state index >= 15 is 0 Å². The molecule has 1 heterocycles. The van der Waals surface area contributed by atoms with Gasteiger partial charge in [0.05, 0.1) is 6.61 Å². The fraction of sp³-hybridized carbons (Fsp3) is 0.273. The van der Waals surface area contributed by atoms with Crippen molar-refractivity contribution in [2.75, 3.05) is 6.61 Å². The lowest BCUT2D eigenvalue weighted by Gasteiger charge is -2.17. The van der Waals surface area contributed by atoms with Crippen molar-refractivity contribution >= 4 is 17.9 Å². The van der Waals surface area contributed by atoms with Gasteiger partial charge in [0.1, 0.15) is 11.5 Å². The van der Waals surface area contributed by atoms with Crippen LogP contribution in [0.15, 0.2) is 42.5 Å². The van der Waals surface area contributed by atoms with Crippen LogP contribution in [0, 0.1) is 13.8 Å². The topological polar surface area (TPSA) is 76.7 Å². The molecule has 0 saturated heterocycles. The van der Waals surface area contributed by atoms with Crippen molar-refractivity contribution in [3.63, 3.8) is 0 Å². The standard InChI is InChI=1S/C22H24N2O4/c1-14-5-4-6-19(15(14)2)28-16(3)22(26)24-23-21(25)10-8-17-7-9-20-18(13-17)11-12-27-20/h4-10,13,16H,11-12H2,1-3H3,(H,23,25)(H,24,26)/b10-8+. The van der Waals surface area contributed by atoms with E-state index in [4.69, 9.17) is 9.47 Å². The third-order valence-electron chi connectivity index (χ3n) is 4.68. The van der Waals surface area contributed by atoms with Crippen molar-refractivity contribution in [3.8, 4) is 11.5 Å². The second-order valence-corrected chi connectivity index (χ2v) is 6.74. The molecule has 2 aromatic rings. The van der Waals surface area contributed by atoms with Crippen LogP contribution in [0.3, 0.4) is 0 Å². The fourth-order valence-electron chi connectivity index (χ4n) is 2.84. The van der Waals surface area contributed by atoms with Gasteiger partial charge in [-0.1, -0.05) is 18.2 Å². The minimum atomic E-state index is -0.749.